The van der Waals surface area contributed by atoms with Gasteiger partial charge >= 0.3 is 6.09 Å². The van der Waals surface area contributed by atoms with Gasteiger partial charge < -0.3 is 9.64 Å². The lowest BCUT2D eigenvalue weighted by atomic mass is 10.1. The molecule has 0 unspecified atom stereocenters. The molecule has 1 fully saturated rings. The second-order valence-electron chi connectivity index (χ2n) is 4.70. The Labute approximate surface area is 107 Å². The molecule has 1 heterocycles. The van der Waals surface area contributed by atoms with Gasteiger partial charge in [-0.3, -0.25) is 4.79 Å². The van der Waals surface area contributed by atoms with Gasteiger partial charge in [-0.05, 0) is 37.5 Å². The highest BCUT2D eigenvalue weighted by Crippen LogP contribution is 2.20. The zero-order chi connectivity index (χ0) is 13.1. The molecular weight excluding hydrogens is 230 g/mol. The second kappa shape index (κ2) is 5.21. The number of benzene rings is 1. The summed E-state index contributed by atoms with van der Waals surface area (Å²) in [6, 6.07) is 5.72. The molecule has 18 heavy (non-hydrogen) atoms. The van der Waals surface area contributed by atoms with E-state index in [2.05, 4.69) is 0 Å². The number of carbonyl (C=O) groups is 2. The van der Waals surface area contributed by atoms with Crippen molar-refractivity contribution in [1.29, 1.82) is 0 Å². The van der Waals surface area contributed by atoms with E-state index < -0.39 is 6.09 Å². The first kappa shape index (κ1) is 12.6. The van der Waals surface area contributed by atoms with Gasteiger partial charge in [0, 0.05) is 13.0 Å². The molecule has 4 nitrogen and oxygen atoms in total. The number of aryl methyl sites for hydroxylation is 2. The average molecular weight is 247 g/mol. The van der Waals surface area contributed by atoms with E-state index in [9.17, 15) is 9.59 Å². The van der Waals surface area contributed by atoms with Crippen LogP contribution in [0.3, 0.4) is 0 Å². The van der Waals surface area contributed by atoms with Crippen LogP contribution in [0.15, 0.2) is 18.2 Å². The summed E-state index contributed by atoms with van der Waals surface area (Å²) in [6.07, 6.45) is 0.852. The average Bonchev–Trinajstić information content (AvgIpc) is 2.34. The third-order valence-corrected chi connectivity index (χ3v) is 3.05. The molecule has 2 rings (SSSR count). The van der Waals surface area contributed by atoms with E-state index in [1.807, 2.05) is 32.0 Å². The van der Waals surface area contributed by atoms with E-state index in [4.69, 9.17) is 4.74 Å². The number of likely N-dealkylation sites (tertiary alicyclic amines) is 1. The molecule has 0 bridgehead atoms. The number of hydrogen-bond donors (Lipinski definition) is 0. The number of amides is 1. The summed E-state index contributed by atoms with van der Waals surface area (Å²) in [5.74, 6) is 0.664. The lowest BCUT2D eigenvalue weighted by molar-refractivity contribution is -0.121. The summed E-state index contributed by atoms with van der Waals surface area (Å²) >= 11 is 0. The highest BCUT2D eigenvalue weighted by atomic mass is 16.6. The van der Waals surface area contributed by atoms with E-state index in [1.165, 1.54) is 4.90 Å². The molecule has 96 valence electrons. The van der Waals surface area contributed by atoms with Gasteiger partial charge in [-0.25, -0.2) is 4.79 Å². The summed E-state index contributed by atoms with van der Waals surface area (Å²) in [4.78, 5) is 24.7. The van der Waals surface area contributed by atoms with Crippen LogP contribution in [-0.4, -0.2) is 29.9 Å². The number of ketones is 1. The predicted molar refractivity (Wildman–Crippen MR) is 67.8 cm³/mol. The van der Waals surface area contributed by atoms with Crippen LogP contribution in [-0.2, 0) is 4.79 Å². The third-order valence-electron chi connectivity index (χ3n) is 3.05. The molecule has 1 saturated heterocycles. The molecule has 1 amide bonds. The lowest BCUT2D eigenvalue weighted by Gasteiger charge is -2.25. The Morgan fingerprint density at radius 1 is 1.33 bits per heavy atom. The van der Waals surface area contributed by atoms with Gasteiger partial charge in [0.2, 0.25) is 0 Å². The number of Topliss-reactive ketones (excluding diaryl/α,β-unsaturated/α-hetero) is 1. The van der Waals surface area contributed by atoms with Crippen LogP contribution in [0.25, 0.3) is 0 Å². The van der Waals surface area contributed by atoms with Gasteiger partial charge in [0.1, 0.15) is 5.75 Å². The van der Waals surface area contributed by atoms with Gasteiger partial charge in [-0.2, -0.15) is 0 Å². The fraction of sp³-hybridized carbons (Fsp3) is 0.429. The molecule has 1 aliphatic rings. The van der Waals surface area contributed by atoms with E-state index in [-0.39, 0.29) is 12.3 Å². The second-order valence-corrected chi connectivity index (χ2v) is 4.70. The Morgan fingerprint density at radius 2 is 2.11 bits per heavy atom. The summed E-state index contributed by atoms with van der Waals surface area (Å²) in [6.45, 7) is 4.60. The molecule has 0 radical (unpaired) electrons. The number of carbonyl (C=O) groups excluding carboxylic acids is 2. The minimum absolute atomic E-state index is 0.0964. The number of ether oxygens (including phenoxy) is 1. The van der Waals surface area contributed by atoms with Crippen LogP contribution >= 0.6 is 0 Å². The van der Waals surface area contributed by atoms with E-state index in [0.717, 1.165) is 17.5 Å². The highest BCUT2D eigenvalue weighted by Gasteiger charge is 2.23. The molecule has 0 aromatic heterocycles. The fourth-order valence-electron chi connectivity index (χ4n) is 1.97. The molecule has 1 aliphatic heterocycles. The summed E-state index contributed by atoms with van der Waals surface area (Å²) in [7, 11) is 0. The van der Waals surface area contributed by atoms with Crippen LogP contribution in [0.2, 0.25) is 0 Å². The Hall–Kier alpha value is -1.84. The van der Waals surface area contributed by atoms with Crippen LogP contribution in [0, 0.1) is 13.8 Å². The first-order valence-electron chi connectivity index (χ1n) is 6.12. The molecule has 0 atom stereocenters. The van der Waals surface area contributed by atoms with Gasteiger partial charge in [-0.15, -0.1) is 0 Å². The maximum Gasteiger partial charge on any atom is 0.415 e. The molecular formula is C14H17NO3. The van der Waals surface area contributed by atoms with Crippen molar-refractivity contribution in [3.8, 4) is 5.75 Å². The fourth-order valence-corrected chi connectivity index (χ4v) is 1.97. The van der Waals surface area contributed by atoms with Crippen molar-refractivity contribution in [1.82, 2.24) is 4.90 Å². The van der Waals surface area contributed by atoms with Crippen molar-refractivity contribution in [2.75, 3.05) is 13.1 Å². The predicted octanol–water partition coefficient (Wildman–Crippen LogP) is 2.47. The van der Waals surface area contributed by atoms with Gasteiger partial charge in [0.05, 0.1) is 6.54 Å². The largest absolute Gasteiger partial charge is 0.415 e. The molecule has 4 heteroatoms. The Balaban J connectivity index is 2.06. The van der Waals surface area contributed by atoms with Crippen LogP contribution in [0.5, 0.6) is 5.75 Å². The Kier molecular flexibility index (Phi) is 3.65. The number of hydrogen-bond acceptors (Lipinski definition) is 3. The molecule has 1 aromatic carbocycles. The maximum atomic E-state index is 11.9. The maximum absolute atomic E-state index is 11.9. The minimum atomic E-state index is -0.434. The van der Waals surface area contributed by atoms with E-state index in [1.54, 1.807) is 0 Å². The first-order valence-corrected chi connectivity index (χ1v) is 6.12. The molecule has 1 aromatic rings. The third kappa shape index (κ3) is 2.88. The van der Waals surface area contributed by atoms with Crippen molar-refractivity contribution in [3.05, 3.63) is 29.3 Å². The number of rotatable bonds is 1. The van der Waals surface area contributed by atoms with Crippen molar-refractivity contribution in [2.24, 2.45) is 0 Å². The summed E-state index contributed by atoms with van der Waals surface area (Å²) < 4.78 is 5.35. The minimum Gasteiger partial charge on any atom is -0.410 e. The monoisotopic (exact) mass is 247 g/mol. The summed E-state index contributed by atoms with van der Waals surface area (Å²) in [5.41, 5.74) is 1.95. The molecule has 0 spiro atoms. The van der Waals surface area contributed by atoms with Crippen molar-refractivity contribution in [3.63, 3.8) is 0 Å². The zero-order valence-electron chi connectivity index (χ0n) is 10.7. The topological polar surface area (TPSA) is 46.6 Å². The SMILES string of the molecule is Cc1ccc(C)c(OC(=O)N2CCCC(=O)C2)c1. The van der Waals surface area contributed by atoms with Gasteiger partial charge in [0.15, 0.2) is 5.78 Å². The lowest BCUT2D eigenvalue weighted by Crippen LogP contribution is -2.41. The molecule has 0 aliphatic carbocycles. The Morgan fingerprint density at radius 3 is 2.83 bits per heavy atom. The van der Waals surface area contributed by atoms with Crippen molar-refractivity contribution >= 4 is 11.9 Å². The normalized spacial score (nSPS) is 15.7. The number of nitrogens with zero attached hydrogens (tertiary/aromatic N) is 1. The highest BCUT2D eigenvalue weighted by molar-refractivity contribution is 5.85. The standard InChI is InChI=1S/C14H17NO3/c1-10-5-6-11(2)13(8-10)18-14(17)15-7-3-4-12(16)9-15/h5-6,8H,3-4,7,9H2,1-2H3. The van der Waals surface area contributed by atoms with E-state index in [0.29, 0.717) is 18.7 Å². The van der Waals surface area contributed by atoms with Gasteiger partial charge in [0.25, 0.3) is 0 Å². The van der Waals surface area contributed by atoms with Crippen molar-refractivity contribution < 1.29 is 14.3 Å². The quantitative estimate of drug-likeness (QED) is 0.765. The van der Waals surface area contributed by atoms with Crippen LogP contribution in [0.4, 0.5) is 4.79 Å². The Bertz CT molecular complexity index is 482. The molecule has 0 N–H and O–H groups in total. The van der Waals surface area contributed by atoms with Crippen molar-refractivity contribution in [2.45, 2.75) is 26.7 Å². The van der Waals surface area contributed by atoms with Crippen LogP contribution in [0.1, 0.15) is 24.0 Å². The van der Waals surface area contributed by atoms with Crippen LogP contribution < -0.4 is 4.74 Å². The number of piperidine rings is 1. The molecule has 0 saturated carbocycles. The van der Waals surface area contributed by atoms with E-state index >= 15 is 0 Å². The summed E-state index contributed by atoms with van der Waals surface area (Å²) in [5, 5.41) is 0. The van der Waals surface area contributed by atoms with Gasteiger partial charge in [-0.1, -0.05) is 12.1 Å². The zero-order valence-corrected chi connectivity index (χ0v) is 10.7. The smallest absolute Gasteiger partial charge is 0.410 e. The first-order chi connectivity index (χ1) is 8.56.